The summed E-state index contributed by atoms with van der Waals surface area (Å²) in [5.74, 6) is 0.455. The summed E-state index contributed by atoms with van der Waals surface area (Å²) in [6, 6.07) is 1.89. The first-order valence-corrected chi connectivity index (χ1v) is 8.92. The normalized spacial score (nSPS) is 52.2. The molecule has 1 aliphatic heterocycles. The van der Waals surface area contributed by atoms with Gasteiger partial charge in [0.2, 0.25) is 5.78 Å². The predicted molar refractivity (Wildman–Crippen MR) is 79.8 cm³/mol. The number of Topliss-reactive ketones (excluding diaryl/α,β-unsaturated/α-hetero) is 1. The maximum absolute atomic E-state index is 13.1. The maximum atomic E-state index is 13.1. The number of ketones is 1. The third-order valence-electron chi connectivity index (χ3n) is 7.19. The Morgan fingerprint density at radius 3 is 2.39 bits per heavy atom. The van der Waals surface area contributed by atoms with Crippen LogP contribution in [0, 0.1) is 34.5 Å². The molecule has 23 heavy (non-hydrogen) atoms. The SMILES string of the molecule is N#CC1CC2CC2N1C(=O)C(=O)C12CC3CC(CC(O)(C3)C1)C2. The molecule has 0 aromatic heterocycles. The number of carbonyl (C=O) groups is 2. The molecule has 1 heterocycles. The van der Waals surface area contributed by atoms with Crippen LogP contribution in [0.3, 0.4) is 0 Å². The van der Waals surface area contributed by atoms with Crippen LogP contribution in [0.15, 0.2) is 0 Å². The van der Waals surface area contributed by atoms with Crippen molar-refractivity contribution in [1.29, 1.82) is 5.26 Å². The van der Waals surface area contributed by atoms with E-state index in [0.717, 1.165) is 44.9 Å². The fraction of sp³-hybridized carbons (Fsp3) is 0.833. The lowest BCUT2D eigenvalue weighted by molar-refractivity contribution is -0.181. The van der Waals surface area contributed by atoms with Gasteiger partial charge in [-0.2, -0.15) is 5.26 Å². The molecule has 0 spiro atoms. The highest BCUT2D eigenvalue weighted by Crippen LogP contribution is 2.62. The second kappa shape index (κ2) is 4.16. The van der Waals surface area contributed by atoms with Gasteiger partial charge in [-0.15, -0.1) is 0 Å². The molecule has 122 valence electrons. The Balaban J connectivity index is 1.44. The summed E-state index contributed by atoms with van der Waals surface area (Å²) in [5.41, 5.74) is -1.38. The second-order valence-electron chi connectivity index (χ2n) is 8.95. The molecule has 5 heteroatoms. The molecule has 5 saturated carbocycles. The lowest BCUT2D eigenvalue weighted by atomic mass is 9.47. The molecule has 0 aromatic carbocycles. The number of likely N-dealkylation sites (tertiary alicyclic amines) is 1. The van der Waals surface area contributed by atoms with E-state index in [1.54, 1.807) is 4.90 Å². The lowest BCUT2D eigenvalue weighted by Gasteiger charge is -2.59. The first kappa shape index (κ1) is 14.0. The zero-order valence-electron chi connectivity index (χ0n) is 13.2. The van der Waals surface area contributed by atoms with Crippen molar-refractivity contribution in [3.63, 3.8) is 0 Å². The Bertz CT molecular complexity index is 637. The fourth-order valence-electron chi connectivity index (χ4n) is 6.69. The van der Waals surface area contributed by atoms with Crippen LogP contribution in [-0.2, 0) is 9.59 Å². The summed E-state index contributed by atoms with van der Waals surface area (Å²) in [6.45, 7) is 0. The molecule has 4 bridgehead atoms. The van der Waals surface area contributed by atoms with Crippen LogP contribution < -0.4 is 0 Å². The summed E-state index contributed by atoms with van der Waals surface area (Å²) < 4.78 is 0. The van der Waals surface area contributed by atoms with Gasteiger partial charge >= 0.3 is 0 Å². The van der Waals surface area contributed by atoms with Gasteiger partial charge in [0.05, 0.1) is 11.7 Å². The summed E-state index contributed by atoms with van der Waals surface area (Å²) in [4.78, 5) is 27.6. The van der Waals surface area contributed by atoms with Gasteiger partial charge < -0.3 is 10.0 Å². The maximum Gasteiger partial charge on any atom is 0.291 e. The van der Waals surface area contributed by atoms with Crippen molar-refractivity contribution in [2.24, 2.45) is 23.2 Å². The number of carbonyl (C=O) groups excluding carboxylic acids is 2. The predicted octanol–water partition coefficient (Wildman–Crippen LogP) is 1.40. The summed E-state index contributed by atoms with van der Waals surface area (Å²) >= 11 is 0. The number of fused-ring (bicyclic) bond motifs is 1. The van der Waals surface area contributed by atoms with Gasteiger partial charge in [-0.25, -0.2) is 0 Å². The molecule has 6 fully saturated rings. The molecule has 0 radical (unpaired) electrons. The zero-order chi connectivity index (χ0) is 16.0. The summed E-state index contributed by atoms with van der Waals surface area (Å²) in [7, 11) is 0. The van der Waals surface area contributed by atoms with Gasteiger partial charge in [-0.3, -0.25) is 9.59 Å². The molecule has 1 saturated heterocycles. The van der Waals surface area contributed by atoms with E-state index in [0.29, 0.717) is 24.2 Å². The first-order valence-electron chi connectivity index (χ1n) is 8.92. The molecule has 6 aliphatic rings. The number of nitriles is 1. The molecule has 5 unspecified atom stereocenters. The van der Waals surface area contributed by atoms with E-state index >= 15 is 0 Å². The van der Waals surface area contributed by atoms with Gasteiger partial charge in [0.25, 0.3) is 5.91 Å². The molecule has 5 atom stereocenters. The smallest absolute Gasteiger partial charge is 0.291 e. The van der Waals surface area contributed by atoms with Gasteiger partial charge in [-0.1, -0.05) is 0 Å². The van der Waals surface area contributed by atoms with Crippen molar-refractivity contribution in [3.05, 3.63) is 0 Å². The Labute approximate surface area is 135 Å². The Morgan fingerprint density at radius 2 is 1.78 bits per heavy atom. The van der Waals surface area contributed by atoms with E-state index in [-0.39, 0.29) is 11.8 Å². The zero-order valence-corrected chi connectivity index (χ0v) is 13.2. The van der Waals surface area contributed by atoms with Crippen molar-refractivity contribution >= 4 is 11.7 Å². The Hall–Kier alpha value is -1.41. The van der Waals surface area contributed by atoms with E-state index in [4.69, 9.17) is 0 Å². The number of aliphatic hydroxyl groups is 1. The number of nitrogens with zero attached hydrogens (tertiary/aromatic N) is 2. The van der Waals surface area contributed by atoms with Crippen molar-refractivity contribution in [2.45, 2.75) is 69.1 Å². The lowest BCUT2D eigenvalue weighted by Crippen LogP contribution is -2.60. The van der Waals surface area contributed by atoms with Crippen molar-refractivity contribution in [3.8, 4) is 6.07 Å². The Kier molecular flexibility index (Phi) is 2.53. The van der Waals surface area contributed by atoms with Crippen LogP contribution in [0.5, 0.6) is 0 Å². The van der Waals surface area contributed by atoms with Crippen LogP contribution in [0.2, 0.25) is 0 Å². The van der Waals surface area contributed by atoms with E-state index in [1.807, 2.05) is 0 Å². The van der Waals surface area contributed by atoms with Gasteiger partial charge in [0.15, 0.2) is 0 Å². The minimum Gasteiger partial charge on any atom is -0.390 e. The first-order chi connectivity index (χ1) is 10.9. The highest BCUT2D eigenvalue weighted by Gasteiger charge is 2.63. The van der Waals surface area contributed by atoms with Crippen LogP contribution in [0.1, 0.15) is 51.4 Å². The number of piperidine rings is 1. The number of amides is 1. The minimum atomic E-state index is -0.734. The third-order valence-corrected chi connectivity index (χ3v) is 7.19. The number of hydrogen-bond donors (Lipinski definition) is 1. The topological polar surface area (TPSA) is 81.4 Å². The number of rotatable bonds is 2. The van der Waals surface area contributed by atoms with Gasteiger partial charge in [0.1, 0.15) is 6.04 Å². The molecule has 1 N–H and O–H groups in total. The largest absolute Gasteiger partial charge is 0.390 e. The van der Waals surface area contributed by atoms with Gasteiger partial charge in [0, 0.05) is 11.5 Å². The van der Waals surface area contributed by atoms with Crippen molar-refractivity contribution in [1.82, 2.24) is 4.90 Å². The molecular formula is C18H22N2O3. The molecule has 6 rings (SSSR count). The molecule has 5 nitrogen and oxygen atoms in total. The van der Waals surface area contributed by atoms with E-state index in [1.165, 1.54) is 0 Å². The van der Waals surface area contributed by atoms with E-state index < -0.39 is 23.0 Å². The van der Waals surface area contributed by atoms with Crippen LogP contribution in [0.4, 0.5) is 0 Å². The monoisotopic (exact) mass is 314 g/mol. The standard InChI is InChI=1S/C18H22N2O3/c19-8-13-2-12-3-14(12)20(13)16(22)15(21)17-4-10-1-11(5-17)7-18(23,6-10)9-17/h10-14,23H,1-7,9H2. The van der Waals surface area contributed by atoms with Crippen molar-refractivity contribution in [2.75, 3.05) is 0 Å². The fourth-order valence-corrected chi connectivity index (χ4v) is 6.69. The average molecular weight is 314 g/mol. The molecule has 5 aliphatic carbocycles. The number of hydrogen-bond acceptors (Lipinski definition) is 4. The van der Waals surface area contributed by atoms with Crippen LogP contribution in [0.25, 0.3) is 0 Å². The van der Waals surface area contributed by atoms with Crippen LogP contribution >= 0.6 is 0 Å². The highest BCUT2D eigenvalue weighted by molar-refractivity contribution is 6.38. The highest BCUT2D eigenvalue weighted by atomic mass is 16.3. The average Bonchev–Trinajstić information content (AvgIpc) is 3.14. The second-order valence-corrected chi connectivity index (χ2v) is 8.95. The minimum absolute atomic E-state index is 0.119. The van der Waals surface area contributed by atoms with E-state index in [9.17, 15) is 20.0 Å². The Morgan fingerprint density at radius 1 is 1.09 bits per heavy atom. The summed E-state index contributed by atoms with van der Waals surface area (Å²) in [5, 5.41) is 20.1. The molecular weight excluding hydrogens is 292 g/mol. The summed E-state index contributed by atoms with van der Waals surface area (Å²) in [6.07, 6.45) is 6.33. The van der Waals surface area contributed by atoms with Crippen molar-refractivity contribution < 1.29 is 14.7 Å². The molecule has 0 aromatic rings. The van der Waals surface area contributed by atoms with Crippen LogP contribution in [-0.4, -0.2) is 39.4 Å². The molecule has 1 amide bonds. The van der Waals surface area contributed by atoms with Gasteiger partial charge in [-0.05, 0) is 69.1 Å². The van der Waals surface area contributed by atoms with E-state index in [2.05, 4.69) is 6.07 Å². The quantitative estimate of drug-likeness (QED) is 0.781. The third kappa shape index (κ3) is 1.82.